The number of hydrogen-bond acceptors (Lipinski definition) is 3. The van der Waals surface area contributed by atoms with Gasteiger partial charge in [0.2, 0.25) is 0 Å². The first-order chi connectivity index (χ1) is 13.1. The van der Waals surface area contributed by atoms with Crippen molar-refractivity contribution in [1.29, 1.82) is 0 Å². The van der Waals surface area contributed by atoms with E-state index in [-0.39, 0.29) is 5.82 Å². The molecule has 136 valence electrons. The second-order valence-corrected chi connectivity index (χ2v) is 7.26. The summed E-state index contributed by atoms with van der Waals surface area (Å²) < 4.78 is 17.1. The summed E-state index contributed by atoms with van der Waals surface area (Å²) in [5.74, 6) is 0.831. The van der Waals surface area contributed by atoms with Crippen LogP contribution >= 0.6 is 0 Å². The lowest BCUT2D eigenvalue weighted by Crippen LogP contribution is -2.17. The van der Waals surface area contributed by atoms with Crippen molar-refractivity contribution >= 4 is 16.6 Å². The molecule has 4 aromatic rings. The number of fused-ring (bicyclic) bond motifs is 1. The van der Waals surface area contributed by atoms with Gasteiger partial charge in [-0.15, -0.1) is 10.2 Å². The van der Waals surface area contributed by atoms with Crippen LogP contribution in [-0.4, -0.2) is 19.7 Å². The van der Waals surface area contributed by atoms with E-state index in [0.717, 1.165) is 40.7 Å². The number of H-pyrrole nitrogens is 1. The van der Waals surface area contributed by atoms with Gasteiger partial charge in [0.1, 0.15) is 11.6 Å². The molecule has 0 atom stereocenters. The van der Waals surface area contributed by atoms with Crippen molar-refractivity contribution < 1.29 is 4.39 Å². The topological polar surface area (TPSA) is 72.5 Å². The smallest absolute Gasteiger partial charge is 0.164 e. The Morgan fingerprint density at radius 2 is 1.89 bits per heavy atom. The number of nitrogen functional groups attached to an aromatic ring is 1. The minimum absolute atomic E-state index is 0.298. The third-order valence-corrected chi connectivity index (χ3v) is 5.43. The first-order valence-electron chi connectivity index (χ1n) is 9.20. The molecule has 1 saturated carbocycles. The van der Waals surface area contributed by atoms with Gasteiger partial charge in [0, 0.05) is 28.3 Å². The van der Waals surface area contributed by atoms with E-state index in [1.165, 1.54) is 6.42 Å². The van der Waals surface area contributed by atoms with Crippen molar-refractivity contribution in [2.45, 2.75) is 32.2 Å². The number of anilines is 1. The molecule has 5 rings (SSSR count). The number of aromatic nitrogens is 4. The number of nitrogens with zero attached hydrogens (tertiary/aromatic N) is 3. The Labute approximate surface area is 156 Å². The van der Waals surface area contributed by atoms with Crippen LogP contribution in [0.3, 0.4) is 0 Å². The molecule has 6 heteroatoms. The van der Waals surface area contributed by atoms with Crippen LogP contribution in [0.5, 0.6) is 0 Å². The Morgan fingerprint density at radius 3 is 2.52 bits per heavy atom. The van der Waals surface area contributed by atoms with Crippen LogP contribution in [0.2, 0.25) is 0 Å². The van der Waals surface area contributed by atoms with Crippen LogP contribution < -0.4 is 5.73 Å². The number of aromatic amines is 1. The van der Waals surface area contributed by atoms with Crippen LogP contribution in [0.1, 0.15) is 31.1 Å². The predicted octanol–water partition coefficient (Wildman–Crippen LogP) is 4.85. The highest BCUT2D eigenvalue weighted by atomic mass is 19.1. The summed E-state index contributed by atoms with van der Waals surface area (Å²) in [6, 6.07) is 13.8. The van der Waals surface area contributed by atoms with E-state index >= 15 is 0 Å². The third kappa shape index (κ3) is 2.60. The van der Waals surface area contributed by atoms with Gasteiger partial charge in [0.15, 0.2) is 5.82 Å². The lowest BCUT2D eigenvalue weighted by molar-refractivity contribution is 0.324. The Hall–Kier alpha value is -3.15. The Kier molecular flexibility index (Phi) is 3.53. The summed E-state index contributed by atoms with van der Waals surface area (Å²) in [6.07, 6.45) is 3.50. The molecule has 1 fully saturated rings. The van der Waals surface area contributed by atoms with E-state index in [2.05, 4.69) is 25.8 Å². The van der Waals surface area contributed by atoms with Crippen LogP contribution in [0, 0.1) is 12.7 Å². The van der Waals surface area contributed by atoms with E-state index in [1.54, 1.807) is 6.07 Å². The molecule has 2 aromatic carbocycles. The van der Waals surface area contributed by atoms with Gasteiger partial charge in [-0.1, -0.05) is 12.1 Å². The average molecular weight is 361 g/mol. The number of nitrogens with two attached hydrogens (primary N) is 1. The second-order valence-electron chi connectivity index (χ2n) is 7.26. The number of hydrogen-bond donors (Lipinski definition) is 2. The average Bonchev–Trinajstić information content (AvgIpc) is 3.18. The van der Waals surface area contributed by atoms with Crippen LogP contribution in [0.15, 0.2) is 42.5 Å². The van der Waals surface area contributed by atoms with Gasteiger partial charge in [0.25, 0.3) is 0 Å². The van der Waals surface area contributed by atoms with E-state index in [9.17, 15) is 4.39 Å². The summed E-state index contributed by atoms with van der Waals surface area (Å²) in [6.45, 7) is 1.81. The zero-order valence-corrected chi connectivity index (χ0v) is 15.0. The zero-order valence-electron chi connectivity index (χ0n) is 15.0. The molecule has 27 heavy (non-hydrogen) atoms. The van der Waals surface area contributed by atoms with Crippen molar-refractivity contribution in [2.24, 2.45) is 0 Å². The van der Waals surface area contributed by atoms with E-state index in [1.807, 2.05) is 37.3 Å². The minimum atomic E-state index is -0.298. The first-order valence-corrected chi connectivity index (χ1v) is 9.20. The monoisotopic (exact) mass is 361 g/mol. The highest BCUT2D eigenvalue weighted by molar-refractivity contribution is 5.90. The highest BCUT2D eigenvalue weighted by Crippen LogP contribution is 2.41. The number of aryl methyl sites for hydroxylation is 1. The van der Waals surface area contributed by atoms with Gasteiger partial charge in [-0.2, -0.15) is 0 Å². The molecule has 1 aliphatic carbocycles. The summed E-state index contributed by atoms with van der Waals surface area (Å²) in [7, 11) is 0. The molecule has 1 aliphatic rings. The molecule has 3 N–H and O–H groups in total. The molecular formula is C21H20FN5. The van der Waals surface area contributed by atoms with Gasteiger partial charge in [-0.05, 0) is 62.1 Å². The summed E-state index contributed by atoms with van der Waals surface area (Å²) in [5, 5.41) is 8.93. The van der Waals surface area contributed by atoms with Crippen molar-refractivity contribution in [1.82, 2.24) is 19.7 Å². The standard InChI is InChI=1S/C21H20FN5/c1-12-24-21(26-25-12)17-11-20-14(9-18(17)22)10-19(27(20)16-3-2-4-16)13-5-7-15(23)8-6-13/h5-11,16H,2-4,23H2,1H3,(H,24,25,26). The largest absolute Gasteiger partial charge is 0.399 e. The van der Waals surface area contributed by atoms with Crippen molar-refractivity contribution in [2.75, 3.05) is 5.73 Å². The van der Waals surface area contributed by atoms with Gasteiger partial charge in [-0.3, -0.25) is 0 Å². The van der Waals surface area contributed by atoms with Gasteiger partial charge in [0.05, 0.1) is 5.56 Å². The number of nitrogens with one attached hydrogen (secondary N) is 1. The molecular weight excluding hydrogens is 341 g/mol. The molecule has 0 unspecified atom stereocenters. The molecule has 5 nitrogen and oxygen atoms in total. The van der Waals surface area contributed by atoms with Crippen LogP contribution in [-0.2, 0) is 0 Å². The minimum Gasteiger partial charge on any atom is -0.399 e. The van der Waals surface area contributed by atoms with Gasteiger partial charge < -0.3 is 15.3 Å². The van der Waals surface area contributed by atoms with Gasteiger partial charge >= 0.3 is 0 Å². The van der Waals surface area contributed by atoms with E-state index in [4.69, 9.17) is 5.73 Å². The molecule has 0 saturated heterocycles. The maximum absolute atomic E-state index is 14.8. The lowest BCUT2D eigenvalue weighted by Gasteiger charge is -2.30. The summed E-state index contributed by atoms with van der Waals surface area (Å²) >= 11 is 0. The lowest BCUT2D eigenvalue weighted by atomic mass is 9.92. The van der Waals surface area contributed by atoms with E-state index < -0.39 is 0 Å². The second kappa shape index (κ2) is 5.94. The van der Waals surface area contributed by atoms with Gasteiger partial charge in [-0.25, -0.2) is 4.39 Å². The quantitative estimate of drug-likeness (QED) is 0.513. The normalized spacial score (nSPS) is 14.6. The molecule has 0 radical (unpaired) electrons. The van der Waals surface area contributed by atoms with Crippen molar-refractivity contribution in [3.63, 3.8) is 0 Å². The SMILES string of the molecule is Cc1nnc(-c2cc3c(cc2F)cc(-c2ccc(N)cc2)n3C2CCC2)[nH]1. The molecule has 2 heterocycles. The number of benzene rings is 2. The summed E-state index contributed by atoms with van der Waals surface area (Å²) in [4.78, 5) is 3.03. The molecule has 0 spiro atoms. The van der Waals surface area contributed by atoms with Crippen molar-refractivity contribution in [3.05, 3.63) is 54.1 Å². The first kappa shape index (κ1) is 16.1. The number of rotatable bonds is 3. The maximum atomic E-state index is 14.8. The Morgan fingerprint density at radius 1 is 1.11 bits per heavy atom. The molecule has 0 aliphatic heterocycles. The third-order valence-electron chi connectivity index (χ3n) is 5.43. The van der Waals surface area contributed by atoms with E-state index in [0.29, 0.717) is 23.3 Å². The molecule has 2 aromatic heterocycles. The van der Waals surface area contributed by atoms with Crippen molar-refractivity contribution in [3.8, 4) is 22.6 Å². The Balaban J connectivity index is 1.75. The molecule has 0 amide bonds. The Bertz CT molecular complexity index is 1140. The highest BCUT2D eigenvalue weighted by Gasteiger charge is 2.25. The fraction of sp³-hybridized carbons (Fsp3) is 0.238. The fourth-order valence-corrected chi connectivity index (χ4v) is 3.81. The summed E-state index contributed by atoms with van der Waals surface area (Å²) in [5.41, 5.74) is 10.2. The van der Waals surface area contributed by atoms with Crippen LogP contribution in [0.4, 0.5) is 10.1 Å². The van der Waals surface area contributed by atoms with Crippen LogP contribution in [0.25, 0.3) is 33.5 Å². The number of halogens is 1. The molecule has 0 bridgehead atoms. The fourth-order valence-electron chi connectivity index (χ4n) is 3.81. The maximum Gasteiger partial charge on any atom is 0.164 e. The predicted molar refractivity (Wildman–Crippen MR) is 105 cm³/mol. The zero-order chi connectivity index (χ0) is 18.5.